The molecule has 0 aliphatic rings. The van der Waals surface area contributed by atoms with E-state index in [0.717, 1.165) is 50.2 Å². The second-order valence-electron chi connectivity index (χ2n) is 8.29. The highest BCUT2D eigenvalue weighted by molar-refractivity contribution is 5.69. The normalized spacial score (nSPS) is 11.5. The number of unbranched alkanes of at least 4 members (excludes halogenated alkanes) is 3. The van der Waals surface area contributed by atoms with E-state index in [0.29, 0.717) is 39.6 Å². The molecule has 31 heavy (non-hydrogen) atoms. The third-order valence-corrected chi connectivity index (χ3v) is 4.20. The first-order valence-corrected chi connectivity index (χ1v) is 11.3. The summed E-state index contributed by atoms with van der Waals surface area (Å²) in [5.41, 5.74) is 6.27. The lowest BCUT2D eigenvalue weighted by atomic mass is 10.2. The number of rotatable bonds is 18. The zero-order valence-electron chi connectivity index (χ0n) is 19.5. The molecule has 1 aromatic rings. The van der Waals surface area contributed by atoms with Gasteiger partial charge in [-0.2, -0.15) is 0 Å². The molecule has 7 heteroatoms. The van der Waals surface area contributed by atoms with Crippen molar-refractivity contribution < 1.29 is 28.5 Å². The molecule has 1 aromatic carbocycles. The van der Waals surface area contributed by atoms with E-state index in [4.69, 9.17) is 29.4 Å². The number of hydrogen-bond acceptors (Lipinski definition) is 7. The van der Waals surface area contributed by atoms with Crippen LogP contribution in [0.5, 0.6) is 5.75 Å². The Labute approximate surface area is 187 Å². The molecule has 0 aliphatic carbocycles. The fourth-order valence-electron chi connectivity index (χ4n) is 2.70. The molecule has 0 atom stereocenters. The fraction of sp³-hybridized carbons (Fsp3) is 0.708. The van der Waals surface area contributed by atoms with Crippen molar-refractivity contribution in [3.63, 3.8) is 0 Å². The maximum absolute atomic E-state index is 11.5. The van der Waals surface area contributed by atoms with E-state index in [-0.39, 0.29) is 12.4 Å². The first-order valence-electron chi connectivity index (χ1n) is 11.3. The highest BCUT2D eigenvalue weighted by Gasteiger charge is 2.15. The van der Waals surface area contributed by atoms with Crippen LogP contribution < -0.4 is 10.5 Å². The summed E-state index contributed by atoms with van der Waals surface area (Å²) in [5, 5.41) is 0. The highest BCUT2D eigenvalue weighted by atomic mass is 16.6. The van der Waals surface area contributed by atoms with E-state index < -0.39 is 5.60 Å². The number of carbonyl (C=O) groups excluding carboxylic acids is 1. The summed E-state index contributed by atoms with van der Waals surface area (Å²) in [7, 11) is 0. The molecule has 1 rings (SSSR count). The molecular formula is C24H41NO6. The molecule has 0 spiro atoms. The molecule has 0 unspecified atom stereocenters. The van der Waals surface area contributed by atoms with Crippen molar-refractivity contribution in [2.75, 3.05) is 46.2 Å². The summed E-state index contributed by atoms with van der Waals surface area (Å²) in [6.07, 6.45) is 4.57. The van der Waals surface area contributed by atoms with Gasteiger partial charge in [0.1, 0.15) is 11.4 Å². The van der Waals surface area contributed by atoms with Crippen LogP contribution in [-0.2, 0) is 30.3 Å². The summed E-state index contributed by atoms with van der Waals surface area (Å²) in [6.45, 7) is 9.98. The quantitative estimate of drug-likeness (QED) is 0.274. The van der Waals surface area contributed by atoms with E-state index in [1.807, 2.05) is 45.0 Å². The maximum Gasteiger partial charge on any atom is 0.308 e. The van der Waals surface area contributed by atoms with E-state index in [1.165, 1.54) is 0 Å². The average Bonchev–Trinajstić information content (AvgIpc) is 2.72. The number of nitrogens with two attached hydrogens (primary N) is 1. The van der Waals surface area contributed by atoms with Crippen LogP contribution in [0, 0.1) is 0 Å². The van der Waals surface area contributed by atoms with Crippen molar-refractivity contribution >= 4 is 5.97 Å². The van der Waals surface area contributed by atoms with Crippen molar-refractivity contribution in [1.29, 1.82) is 0 Å². The Kier molecular flexibility index (Phi) is 15.0. The highest BCUT2D eigenvalue weighted by Crippen LogP contribution is 2.13. The van der Waals surface area contributed by atoms with Gasteiger partial charge in [0.25, 0.3) is 0 Å². The number of ether oxygens (including phenoxy) is 5. The number of hydrogen-bond donors (Lipinski definition) is 1. The van der Waals surface area contributed by atoms with Crippen LogP contribution in [0.2, 0.25) is 0 Å². The molecule has 0 bridgehead atoms. The zero-order valence-corrected chi connectivity index (χ0v) is 19.5. The first kappa shape index (κ1) is 27.4. The molecule has 2 N–H and O–H groups in total. The maximum atomic E-state index is 11.5. The monoisotopic (exact) mass is 439 g/mol. The van der Waals surface area contributed by atoms with E-state index >= 15 is 0 Å². The third-order valence-electron chi connectivity index (χ3n) is 4.20. The summed E-state index contributed by atoms with van der Waals surface area (Å²) < 4.78 is 27.3. The second kappa shape index (κ2) is 17.0. The van der Waals surface area contributed by atoms with Gasteiger partial charge in [-0.1, -0.05) is 18.6 Å². The minimum atomic E-state index is -0.452. The standard InChI is InChI=1S/C24H41NO6/c1-24(2,3)31-23(26)11-14-28-16-18-29-17-15-27-12-6-4-5-7-13-30-22-10-8-9-21(19-22)20-25/h8-10,19H,4-7,11-18,20,25H2,1-3H3. The van der Waals surface area contributed by atoms with Crippen LogP contribution in [0.3, 0.4) is 0 Å². The van der Waals surface area contributed by atoms with Crippen molar-refractivity contribution in [1.82, 2.24) is 0 Å². The van der Waals surface area contributed by atoms with Crippen LogP contribution in [-0.4, -0.2) is 57.8 Å². The molecule has 0 aliphatic heterocycles. The lowest BCUT2D eigenvalue weighted by molar-refractivity contribution is -0.156. The molecule has 0 amide bonds. The van der Waals surface area contributed by atoms with Gasteiger partial charge in [-0.15, -0.1) is 0 Å². The molecule has 0 heterocycles. The Balaban J connectivity index is 1.79. The van der Waals surface area contributed by atoms with E-state index in [2.05, 4.69) is 0 Å². The van der Waals surface area contributed by atoms with Crippen LogP contribution in [0.4, 0.5) is 0 Å². The minimum absolute atomic E-state index is 0.244. The van der Waals surface area contributed by atoms with Crippen molar-refractivity contribution in [2.24, 2.45) is 5.73 Å². The Morgan fingerprint density at radius 3 is 2.10 bits per heavy atom. The predicted octanol–water partition coefficient (Wildman–Crippen LogP) is 3.87. The number of benzene rings is 1. The van der Waals surface area contributed by atoms with Crippen molar-refractivity contribution in [3.8, 4) is 5.75 Å². The topological polar surface area (TPSA) is 89.2 Å². The van der Waals surface area contributed by atoms with Gasteiger partial charge < -0.3 is 29.4 Å². The Hall–Kier alpha value is -1.67. The van der Waals surface area contributed by atoms with E-state index in [1.54, 1.807) is 0 Å². The minimum Gasteiger partial charge on any atom is -0.494 e. The first-order chi connectivity index (χ1) is 14.9. The van der Waals surface area contributed by atoms with Gasteiger partial charge in [-0.05, 0) is 57.7 Å². The lowest BCUT2D eigenvalue weighted by Crippen LogP contribution is -2.24. The predicted molar refractivity (Wildman–Crippen MR) is 121 cm³/mol. The van der Waals surface area contributed by atoms with Crippen molar-refractivity contribution in [2.45, 2.75) is 65.0 Å². The molecule has 0 saturated carbocycles. The van der Waals surface area contributed by atoms with Crippen LogP contribution in [0.15, 0.2) is 24.3 Å². The molecule has 0 radical (unpaired) electrons. The van der Waals surface area contributed by atoms with Gasteiger partial charge >= 0.3 is 5.97 Å². The summed E-state index contributed by atoms with van der Waals surface area (Å²) in [5.74, 6) is 0.645. The summed E-state index contributed by atoms with van der Waals surface area (Å²) >= 11 is 0. The summed E-state index contributed by atoms with van der Waals surface area (Å²) in [6, 6.07) is 7.93. The Morgan fingerprint density at radius 1 is 0.839 bits per heavy atom. The molecule has 0 saturated heterocycles. The molecule has 7 nitrogen and oxygen atoms in total. The molecular weight excluding hydrogens is 398 g/mol. The van der Waals surface area contributed by atoms with Gasteiger partial charge in [0.15, 0.2) is 0 Å². The largest absolute Gasteiger partial charge is 0.494 e. The zero-order chi connectivity index (χ0) is 22.8. The third kappa shape index (κ3) is 16.7. The fourth-order valence-corrected chi connectivity index (χ4v) is 2.70. The van der Waals surface area contributed by atoms with Gasteiger partial charge in [-0.3, -0.25) is 4.79 Å². The number of esters is 1. The Bertz CT molecular complexity index is 588. The van der Waals surface area contributed by atoms with Crippen LogP contribution in [0.25, 0.3) is 0 Å². The van der Waals surface area contributed by atoms with Gasteiger partial charge in [-0.25, -0.2) is 0 Å². The SMILES string of the molecule is CC(C)(C)OC(=O)CCOCCOCCOCCCCCCOc1cccc(CN)c1. The molecule has 0 fully saturated rings. The second-order valence-corrected chi connectivity index (χ2v) is 8.29. The van der Waals surface area contributed by atoms with Gasteiger partial charge in [0.05, 0.1) is 46.1 Å². The van der Waals surface area contributed by atoms with Gasteiger partial charge in [0, 0.05) is 13.2 Å². The van der Waals surface area contributed by atoms with Crippen LogP contribution >= 0.6 is 0 Å². The average molecular weight is 440 g/mol. The Morgan fingerprint density at radius 2 is 1.45 bits per heavy atom. The van der Waals surface area contributed by atoms with Gasteiger partial charge in [0.2, 0.25) is 0 Å². The van der Waals surface area contributed by atoms with E-state index in [9.17, 15) is 4.79 Å². The smallest absolute Gasteiger partial charge is 0.308 e. The molecule has 178 valence electrons. The molecule has 0 aromatic heterocycles. The van der Waals surface area contributed by atoms with Crippen LogP contribution in [0.1, 0.15) is 58.4 Å². The summed E-state index contributed by atoms with van der Waals surface area (Å²) in [4.78, 5) is 11.5. The number of carbonyl (C=O) groups is 1. The van der Waals surface area contributed by atoms with Crippen molar-refractivity contribution in [3.05, 3.63) is 29.8 Å². The lowest BCUT2D eigenvalue weighted by Gasteiger charge is -2.19.